The quantitative estimate of drug-likeness (QED) is 0.755. The van der Waals surface area contributed by atoms with Gasteiger partial charge in [0, 0.05) is 10.9 Å². The van der Waals surface area contributed by atoms with Gasteiger partial charge in [0.2, 0.25) is 0 Å². The standard InChI is InChI=1S/C16H12F3NO/c17-16(18,19)11-7-5-10(6-8-11)15(20)13-9-21-14-4-2-1-3-12(13)14/h1-9,15H,20H2. The Morgan fingerprint density at radius 2 is 1.62 bits per heavy atom. The molecule has 2 aromatic carbocycles. The number of furan rings is 1. The fourth-order valence-corrected chi connectivity index (χ4v) is 2.30. The highest BCUT2D eigenvalue weighted by Gasteiger charge is 2.30. The molecule has 0 saturated carbocycles. The lowest BCUT2D eigenvalue weighted by Gasteiger charge is -2.12. The second kappa shape index (κ2) is 4.93. The Morgan fingerprint density at radius 3 is 2.29 bits per heavy atom. The van der Waals surface area contributed by atoms with Crippen molar-refractivity contribution in [2.75, 3.05) is 0 Å². The molecule has 0 spiro atoms. The summed E-state index contributed by atoms with van der Waals surface area (Å²) in [6.45, 7) is 0. The maximum Gasteiger partial charge on any atom is 0.416 e. The first-order valence-corrected chi connectivity index (χ1v) is 6.35. The van der Waals surface area contributed by atoms with Crippen molar-refractivity contribution < 1.29 is 17.6 Å². The molecule has 1 aromatic heterocycles. The summed E-state index contributed by atoms with van der Waals surface area (Å²) in [6.07, 6.45) is -2.79. The van der Waals surface area contributed by atoms with E-state index >= 15 is 0 Å². The summed E-state index contributed by atoms with van der Waals surface area (Å²) in [5.74, 6) is 0. The van der Waals surface area contributed by atoms with Crippen molar-refractivity contribution >= 4 is 11.0 Å². The number of para-hydroxylation sites is 1. The SMILES string of the molecule is NC(c1ccc(C(F)(F)F)cc1)c1coc2ccccc12. The molecular weight excluding hydrogens is 279 g/mol. The molecule has 0 amide bonds. The number of rotatable bonds is 2. The summed E-state index contributed by atoms with van der Waals surface area (Å²) in [5.41, 5.74) is 7.52. The average molecular weight is 291 g/mol. The van der Waals surface area contributed by atoms with Crippen molar-refractivity contribution in [2.24, 2.45) is 5.73 Å². The number of benzene rings is 2. The molecule has 0 bridgehead atoms. The number of hydrogen-bond acceptors (Lipinski definition) is 2. The summed E-state index contributed by atoms with van der Waals surface area (Å²) in [5, 5.41) is 0.866. The minimum Gasteiger partial charge on any atom is -0.464 e. The average Bonchev–Trinajstić information content (AvgIpc) is 2.90. The van der Waals surface area contributed by atoms with Crippen LogP contribution in [0.1, 0.15) is 22.7 Å². The third-order valence-corrected chi connectivity index (χ3v) is 3.44. The van der Waals surface area contributed by atoms with Crippen molar-refractivity contribution in [3.8, 4) is 0 Å². The lowest BCUT2D eigenvalue weighted by Crippen LogP contribution is -2.12. The van der Waals surface area contributed by atoms with E-state index in [0.29, 0.717) is 11.1 Å². The van der Waals surface area contributed by atoms with Gasteiger partial charge in [-0.25, -0.2) is 0 Å². The van der Waals surface area contributed by atoms with Crippen LogP contribution in [0.3, 0.4) is 0 Å². The summed E-state index contributed by atoms with van der Waals surface area (Å²) < 4.78 is 43.1. The largest absolute Gasteiger partial charge is 0.464 e. The van der Waals surface area contributed by atoms with Gasteiger partial charge in [-0.15, -0.1) is 0 Å². The van der Waals surface area contributed by atoms with Crippen LogP contribution in [-0.4, -0.2) is 0 Å². The highest BCUT2D eigenvalue weighted by Crippen LogP contribution is 2.32. The van der Waals surface area contributed by atoms with Crippen molar-refractivity contribution in [2.45, 2.75) is 12.2 Å². The predicted octanol–water partition coefficient (Wildman–Crippen LogP) is 4.50. The van der Waals surface area contributed by atoms with E-state index < -0.39 is 17.8 Å². The van der Waals surface area contributed by atoms with Crippen LogP contribution in [-0.2, 0) is 6.18 Å². The van der Waals surface area contributed by atoms with E-state index in [4.69, 9.17) is 10.2 Å². The second-order valence-corrected chi connectivity index (χ2v) is 4.78. The molecule has 3 aromatic rings. The number of nitrogens with two attached hydrogens (primary N) is 1. The summed E-state index contributed by atoms with van der Waals surface area (Å²) >= 11 is 0. The van der Waals surface area contributed by atoms with Crippen LogP contribution in [0.4, 0.5) is 13.2 Å². The van der Waals surface area contributed by atoms with Crippen LogP contribution < -0.4 is 5.73 Å². The molecule has 2 N–H and O–H groups in total. The van der Waals surface area contributed by atoms with E-state index in [1.165, 1.54) is 12.1 Å². The van der Waals surface area contributed by atoms with Gasteiger partial charge in [0.15, 0.2) is 0 Å². The van der Waals surface area contributed by atoms with Gasteiger partial charge in [0.1, 0.15) is 5.58 Å². The molecule has 0 aliphatic carbocycles. The Hall–Kier alpha value is -2.27. The molecule has 108 valence electrons. The van der Waals surface area contributed by atoms with Gasteiger partial charge in [0.05, 0.1) is 17.9 Å². The van der Waals surface area contributed by atoms with Gasteiger partial charge in [-0.3, -0.25) is 0 Å². The van der Waals surface area contributed by atoms with Crippen LogP contribution in [0, 0.1) is 0 Å². The molecule has 5 heteroatoms. The molecule has 21 heavy (non-hydrogen) atoms. The highest BCUT2D eigenvalue weighted by atomic mass is 19.4. The fourth-order valence-electron chi connectivity index (χ4n) is 2.30. The zero-order chi connectivity index (χ0) is 15.0. The van der Waals surface area contributed by atoms with E-state index in [1.807, 2.05) is 24.3 Å². The van der Waals surface area contributed by atoms with Crippen LogP contribution in [0.15, 0.2) is 59.2 Å². The topological polar surface area (TPSA) is 39.2 Å². The van der Waals surface area contributed by atoms with Crippen molar-refractivity contribution in [3.63, 3.8) is 0 Å². The van der Waals surface area contributed by atoms with Gasteiger partial charge < -0.3 is 10.2 Å². The van der Waals surface area contributed by atoms with E-state index in [0.717, 1.165) is 23.1 Å². The molecule has 1 heterocycles. The maximum atomic E-state index is 12.6. The Kier molecular flexibility index (Phi) is 3.22. The number of fused-ring (bicyclic) bond motifs is 1. The molecule has 1 unspecified atom stereocenters. The van der Waals surface area contributed by atoms with Gasteiger partial charge >= 0.3 is 6.18 Å². The highest BCUT2D eigenvalue weighted by molar-refractivity contribution is 5.81. The minimum atomic E-state index is -4.34. The Morgan fingerprint density at radius 1 is 0.952 bits per heavy atom. The molecule has 0 fully saturated rings. The van der Waals surface area contributed by atoms with E-state index in [-0.39, 0.29) is 0 Å². The van der Waals surface area contributed by atoms with Gasteiger partial charge in [-0.1, -0.05) is 30.3 Å². The molecule has 0 aliphatic heterocycles. The number of hydrogen-bond donors (Lipinski definition) is 1. The third-order valence-electron chi connectivity index (χ3n) is 3.44. The molecular formula is C16H12F3NO. The Labute approximate surface area is 119 Å². The van der Waals surface area contributed by atoms with E-state index in [1.54, 1.807) is 6.26 Å². The smallest absolute Gasteiger partial charge is 0.416 e. The van der Waals surface area contributed by atoms with Crippen LogP contribution in [0.2, 0.25) is 0 Å². The summed E-state index contributed by atoms with van der Waals surface area (Å²) in [7, 11) is 0. The fraction of sp³-hybridized carbons (Fsp3) is 0.125. The van der Waals surface area contributed by atoms with Crippen LogP contribution in [0.25, 0.3) is 11.0 Å². The zero-order valence-electron chi connectivity index (χ0n) is 10.9. The first kappa shape index (κ1) is 13.7. The van der Waals surface area contributed by atoms with Crippen LogP contribution >= 0.6 is 0 Å². The minimum absolute atomic E-state index is 0.532. The van der Waals surface area contributed by atoms with E-state index in [9.17, 15) is 13.2 Å². The molecule has 2 nitrogen and oxygen atoms in total. The number of halogens is 3. The molecule has 3 rings (SSSR count). The summed E-state index contributed by atoms with van der Waals surface area (Å²) in [4.78, 5) is 0. The molecule has 0 radical (unpaired) electrons. The van der Waals surface area contributed by atoms with Gasteiger partial charge in [-0.2, -0.15) is 13.2 Å². The first-order chi connectivity index (χ1) is 9.97. The van der Waals surface area contributed by atoms with Crippen molar-refractivity contribution in [3.05, 3.63) is 71.5 Å². The van der Waals surface area contributed by atoms with Gasteiger partial charge in [-0.05, 0) is 23.8 Å². The van der Waals surface area contributed by atoms with Crippen molar-refractivity contribution in [1.82, 2.24) is 0 Å². The predicted molar refractivity (Wildman–Crippen MR) is 73.7 cm³/mol. The number of alkyl halides is 3. The monoisotopic (exact) mass is 291 g/mol. The lowest BCUT2D eigenvalue weighted by atomic mass is 9.98. The molecule has 0 saturated heterocycles. The van der Waals surface area contributed by atoms with E-state index in [2.05, 4.69) is 0 Å². The van der Waals surface area contributed by atoms with Crippen molar-refractivity contribution in [1.29, 1.82) is 0 Å². The van der Waals surface area contributed by atoms with Crippen LogP contribution in [0.5, 0.6) is 0 Å². The zero-order valence-corrected chi connectivity index (χ0v) is 10.9. The molecule has 1 atom stereocenters. The van der Waals surface area contributed by atoms with Gasteiger partial charge in [0.25, 0.3) is 0 Å². The second-order valence-electron chi connectivity index (χ2n) is 4.78. The molecule has 0 aliphatic rings. The normalized spacial score (nSPS) is 13.5. The third kappa shape index (κ3) is 2.52. The Bertz CT molecular complexity index is 759. The maximum absolute atomic E-state index is 12.6. The Balaban J connectivity index is 1.97. The lowest BCUT2D eigenvalue weighted by molar-refractivity contribution is -0.137. The summed E-state index contributed by atoms with van der Waals surface area (Å²) in [6, 6.07) is 11.7. The first-order valence-electron chi connectivity index (χ1n) is 6.35.